The first-order chi connectivity index (χ1) is 12.7. The number of hydrogen-bond acceptors (Lipinski definition) is 4. The molecule has 1 aliphatic rings. The van der Waals surface area contributed by atoms with Crippen LogP contribution >= 0.6 is 0 Å². The van der Waals surface area contributed by atoms with E-state index in [0.29, 0.717) is 11.3 Å². The Morgan fingerprint density at radius 1 is 1.15 bits per heavy atom. The van der Waals surface area contributed by atoms with Crippen LogP contribution in [0.3, 0.4) is 0 Å². The van der Waals surface area contributed by atoms with E-state index in [2.05, 4.69) is 16.3 Å². The van der Waals surface area contributed by atoms with Crippen LogP contribution in [0.25, 0.3) is 11.0 Å². The smallest absolute Gasteiger partial charge is 0.291 e. The molecule has 1 N–H and O–H groups in total. The second kappa shape index (κ2) is 6.75. The number of carbonyl (C=O) groups is 1. The number of amides is 1. The number of ether oxygens (including phenoxy) is 1. The molecule has 1 aromatic heterocycles. The third kappa shape index (κ3) is 3.01. The summed E-state index contributed by atoms with van der Waals surface area (Å²) >= 11 is 0. The summed E-state index contributed by atoms with van der Waals surface area (Å²) in [4.78, 5) is 15.1. The van der Waals surface area contributed by atoms with Gasteiger partial charge in [-0.1, -0.05) is 6.07 Å². The van der Waals surface area contributed by atoms with E-state index in [1.54, 1.807) is 7.11 Å². The summed E-state index contributed by atoms with van der Waals surface area (Å²) in [7, 11) is 1.62. The third-order valence-corrected chi connectivity index (χ3v) is 4.92. The zero-order valence-corrected chi connectivity index (χ0v) is 15.0. The molecule has 2 aromatic carbocycles. The Morgan fingerprint density at radius 3 is 2.73 bits per heavy atom. The molecule has 0 atom stereocenters. The number of nitrogens with one attached hydrogen (secondary N) is 1. The van der Waals surface area contributed by atoms with Gasteiger partial charge in [0.1, 0.15) is 11.3 Å². The van der Waals surface area contributed by atoms with Crippen molar-refractivity contribution < 1.29 is 13.9 Å². The molecule has 1 fully saturated rings. The van der Waals surface area contributed by atoms with Crippen molar-refractivity contribution in [3.63, 3.8) is 0 Å². The number of aryl methyl sites for hydroxylation is 1. The van der Waals surface area contributed by atoms with Gasteiger partial charge in [-0.05, 0) is 56.2 Å². The van der Waals surface area contributed by atoms with Crippen molar-refractivity contribution in [2.45, 2.75) is 19.8 Å². The molecule has 0 spiro atoms. The van der Waals surface area contributed by atoms with Crippen LogP contribution in [0, 0.1) is 6.92 Å². The second-order valence-electron chi connectivity index (χ2n) is 6.62. The quantitative estimate of drug-likeness (QED) is 0.747. The van der Waals surface area contributed by atoms with Crippen LogP contribution < -0.4 is 15.0 Å². The van der Waals surface area contributed by atoms with E-state index >= 15 is 0 Å². The zero-order chi connectivity index (χ0) is 18.1. The molecule has 1 amide bonds. The van der Waals surface area contributed by atoms with E-state index in [1.165, 1.54) is 12.8 Å². The number of hydrogen-bond donors (Lipinski definition) is 1. The van der Waals surface area contributed by atoms with Crippen LogP contribution in [0.2, 0.25) is 0 Å². The highest BCUT2D eigenvalue weighted by molar-refractivity contribution is 6.06. The Labute approximate surface area is 152 Å². The summed E-state index contributed by atoms with van der Waals surface area (Å²) in [5.41, 5.74) is 3.41. The molecule has 5 heteroatoms. The Morgan fingerprint density at radius 2 is 1.96 bits per heavy atom. The molecule has 0 unspecified atom stereocenters. The van der Waals surface area contributed by atoms with Gasteiger partial charge in [0, 0.05) is 35.4 Å². The lowest BCUT2D eigenvalue weighted by Crippen LogP contribution is -2.18. The van der Waals surface area contributed by atoms with Gasteiger partial charge in [-0.15, -0.1) is 0 Å². The lowest BCUT2D eigenvalue weighted by Gasteiger charge is -2.18. The fourth-order valence-corrected chi connectivity index (χ4v) is 3.49. The van der Waals surface area contributed by atoms with Crippen LogP contribution in [-0.2, 0) is 0 Å². The minimum atomic E-state index is -0.240. The number of benzene rings is 2. The Balaban J connectivity index is 1.59. The van der Waals surface area contributed by atoms with E-state index in [4.69, 9.17) is 9.15 Å². The van der Waals surface area contributed by atoms with Crippen molar-refractivity contribution >= 4 is 28.3 Å². The molecule has 1 aliphatic heterocycles. The van der Waals surface area contributed by atoms with E-state index in [-0.39, 0.29) is 5.91 Å². The molecule has 26 heavy (non-hydrogen) atoms. The Hall–Kier alpha value is -2.95. The maximum absolute atomic E-state index is 12.7. The predicted molar refractivity (Wildman–Crippen MR) is 103 cm³/mol. The van der Waals surface area contributed by atoms with Crippen LogP contribution in [-0.4, -0.2) is 26.1 Å². The lowest BCUT2D eigenvalue weighted by molar-refractivity contribution is 0.0998. The third-order valence-electron chi connectivity index (χ3n) is 4.92. The van der Waals surface area contributed by atoms with Gasteiger partial charge in [-0.2, -0.15) is 0 Å². The Kier molecular flexibility index (Phi) is 4.29. The van der Waals surface area contributed by atoms with E-state index in [1.807, 2.05) is 43.3 Å². The molecule has 3 aromatic rings. The van der Waals surface area contributed by atoms with E-state index in [0.717, 1.165) is 41.2 Å². The molecule has 0 aliphatic carbocycles. The van der Waals surface area contributed by atoms with Gasteiger partial charge in [-0.25, -0.2) is 0 Å². The molecule has 1 saturated heterocycles. The van der Waals surface area contributed by atoms with Gasteiger partial charge in [0.25, 0.3) is 5.91 Å². The first-order valence-corrected chi connectivity index (χ1v) is 8.89. The maximum atomic E-state index is 12.7. The molecule has 0 radical (unpaired) electrons. The van der Waals surface area contributed by atoms with Gasteiger partial charge >= 0.3 is 0 Å². The van der Waals surface area contributed by atoms with Crippen molar-refractivity contribution in [3.05, 3.63) is 53.8 Å². The Bertz CT molecular complexity index is 955. The minimum absolute atomic E-state index is 0.240. The number of carbonyl (C=O) groups excluding carboxylic acids is 1. The largest absolute Gasteiger partial charge is 0.497 e. The second-order valence-corrected chi connectivity index (χ2v) is 6.62. The average Bonchev–Trinajstić information content (AvgIpc) is 3.30. The predicted octanol–water partition coefficient (Wildman–Crippen LogP) is 4.60. The monoisotopic (exact) mass is 350 g/mol. The van der Waals surface area contributed by atoms with Crippen LogP contribution in [0.4, 0.5) is 11.4 Å². The highest BCUT2D eigenvalue weighted by Crippen LogP contribution is 2.30. The van der Waals surface area contributed by atoms with Crippen molar-refractivity contribution in [1.82, 2.24) is 0 Å². The van der Waals surface area contributed by atoms with Gasteiger partial charge in [-0.3, -0.25) is 4.79 Å². The number of nitrogens with zero attached hydrogens (tertiary/aromatic N) is 1. The molecular weight excluding hydrogens is 328 g/mol. The summed E-state index contributed by atoms with van der Waals surface area (Å²) in [5, 5.41) is 3.85. The van der Waals surface area contributed by atoms with E-state index in [9.17, 15) is 4.79 Å². The van der Waals surface area contributed by atoms with Crippen LogP contribution in [0.1, 0.15) is 29.0 Å². The first kappa shape index (κ1) is 16.5. The summed E-state index contributed by atoms with van der Waals surface area (Å²) in [5.74, 6) is 0.836. The fraction of sp³-hybridized carbons (Fsp3) is 0.286. The number of rotatable bonds is 4. The molecule has 134 valence electrons. The van der Waals surface area contributed by atoms with E-state index < -0.39 is 0 Å². The van der Waals surface area contributed by atoms with Gasteiger partial charge in [0.2, 0.25) is 0 Å². The zero-order valence-electron chi connectivity index (χ0n) is 15.0. The molecule has 5 nitrogen and oxygen atoms in total. The first-order valence-electron chi connectivity index (χ1n) is 8.89. The van der Waals surface area contributed by atoms with Gasteiger partial charge < -0.3 is 19.4 Å². The van der Waals surface area contributed by atoms with Crippen molar-refractivity contribution in [3.8, 4) is 5.75 Å². The summed E-state index contributed by atoms with van der Waals surface area (Å²) in [6.07, 6.45) is 2.44. The number of furan rings is 1. The molecule has 0 bridgehead atoms. The topological polar surface area (TPSA) is 54.7 Å². The van der Waals surface area contributed by atoms with Gasteiger partial charge in [0.15, 0.2) is 5.76 Å². The minimum Gasteiger partial charge on any atom is -0.497 e. The molecule has 2 heterocycles. The SMILES string of the molecule is COc1ccc2oc(C(=O)Nc3cccc(N4CCCC4)c3)c(C)c2c1. The van der Waals surface area contributed by atoms with Crippen molar-refractivity contribution in [2.24, 2.45) is 0 Å². The number of fused-ring (bicyclic) bond motifs is 1. The molecular formula is C21H22N2O3. The summed E-state index contributed by atoms with van der Waals surface area (Å²) in [6, 6.07) is 13.5. The highest BCUT2D eigenvalue weighted by atomic mass is 16.5. The van der Waals surface area contributed by atoms with Crippen LogP contribution in [0.15, 0.2) is 46.9 Å². The maximum Gasteiger partial charge on any atom is 0.291 e. The normalized spacial score (nSPS) is 14.0. The molecule has 4 rings (SSSR count). The average molecular weight is 350 g/mol. The number of anilines is 2. The molecule has 0 saturated carbocycles. The van der Waals surface area contributed by atoms with Crippen molar-refractivity contribution in [2.75, 3.05) is 30.4 Å². The summed E-state index contributed by atoms with van der Waals surface area (Å²) < 4.78 is 11.0. The lowest BCUT2D eigenvalue weighted by atomic mass is 10.1. The fourth-order valence-electron chi connectivity index (χ4n) is 3.49. The number of methoxy groups -OCH3 is 1. The summed E-state index contributed by atoms with van der Waals surface area (Å²) in [6.45, 7) is 4.03. The standard InChI is InChI=1S/C21H22N2O3/c1-14-18-13-17(25-2)8-9-19(18)26-20(14)21(24)22-15-6-5-7-16(12-15)23-10-3-4-11-23/h5-9,12-13H,3-4,10-11H2,1-2H3,(H,22,24). The van der Waals surface area contributed by atoms with Gasteiger partial charge in [0.05, 0.1) is 7.11 Å². The van der Waals surface area contributed by atoms with Crippen molar-refractivity contribution in [1.29, 1.82) is 0 Å². The van der Waals surface area contributed by atoms with Crippen LogP contribution in [0.5, 0.6) is 5.75 Å². The highest BCUT2D eigenvalue weighted by Gasteiger charge is 2.19.